The average Bonchev–Trinajstić information content (AvgIpc) is 2.78. The summed E-state index contributed by atoms with van der Waals surface area (Å²) in [6.07, 6.45) is 11.3. The van der Waals surface area contributed by atoms with Crippen LogP contribution >= 0.6 is 12.2 Å². The first-order valence-corrected chi connectivity index (χ1v) is 10.1. The zero-order valence-corrected chi connectivity index (χ0v) is 17.0. The number of allylic oxidation sites excluding steroid dienone is 1. The lowest BCUT2D eigenvalue weighted by Crippen LogP contribution is -2.35. The molecule has 1 amide bonds. The number of ether oxygens (including phenoxy) is 1. The number of fused-ring (bicyclic) bond motifs is 1. The maximum atomic E-state index is 12.6. The van der Waals surface area contributed by atoms with Gasteiger partial charge < -0.3 is 10.1 Å². The van der Waals surface area contributed by atoms with E-state index in [9.17, 15) is 4.79 Å². The molecule has 2 unspecified atom stereocenters. The lowest BCUT2D eigenvalue weighted by molar-refractivity contribution is -0.115. The summed E-state index contributed by atoms with van der Waals surface area (Å²) in [6.45, 7) is 0.479. The van der Waals surface area contributed by atoms with Crippen LogP contribution in [0, 0.1) is 5.92 Å². The standard InChI is InChI=1S/C24H21N3O2S/c28-23(19-11-12-22-18(14-19)8-5-13-25-22)27-24(30)26-20-9-4-10-21(15-20)29-16-17-6-2-1-3-7-17/h1-15,18,22H,16H2,(H2,26,27,28,30). The van der Waals surface area contributed by atoms with Crippen molar-refractivity contribution in [3.63, 3.8) is 0 Å². The Morgan fingerprint density at radius 1 is 1.10 bits per heavy atom. The summed E-state index contributed by atoms with van der Waals surface area (Å²) in [4.78, 5) is 16.9. The number of hydrogen-bond acceptors (Lipinski definition) is 4. The summed E-state index contributed by atoms with van der Waals surface area (Å²) in [7, 11) is 0. The van der Waals surface area contributed by atoms with Crippen molar-refractivity contribution in [2.24, 2.45) is 10.9 Å². The van der Waals surface area contributed by atoms with Gasteiger partial charge in [0.15, 0.2) is 5.11 Å². The molecule has 0 radical (unpaired) electrons. The van der Waals surface area contributed by atoms with Crippen molar-refractivity contribution >= 4 is 35.1 Å². The predicted molar refractivity (Wildman–Crippen MR) is 124 cm³/mol. The van der Waals surface area contributed by atoms with E-state index in [1.165, 1.54) is 0 Å². The van der Waals surface area contributed by atoms with Crippen molar-refractivity contribution in [3.05, 3.63) is 96.1 Å². The molecule has 4 rings (SSSR count). The van der Waals surface area contributed by atoms with Crippen molar-refractivity contribution in [1.82, 2.24) is 5.32 Å². The quantitative estimate of drug-likeness (QED) is 0.719. The molecule has 1 aliphatic carbocycles. The normalized spacial score (nSPS) is 18.9. The highest BCUT2D eigenvalue weighted by molar-refractivity contribution is 7.80. The topological polar surface area (TPSA) is 62.7 Å². The number of carbonyl (C=O) groups is 1. The fourth-order valence-corrected chi connectivity index (χ4v) is 3.44. The lowest BCUT2D eigenvalue weighted by atomic mass is 9.90. The van der Waals surface area contributed by atoms with Gasteiger partial charge in [0.2, 0.25) is 0 Å². The second-order valence-electron chi connectivity index (χ2n) is 6.94. The lowest BCUT2D eigenvalue weighted by Gasteiger charge is -2.22. The van der Waals surface area contributed by atoms with Gasteiger partial charge in [0.05, 0.1) is 6.04 Å². The van der Waals surface area contributed by atoms with E-state index in [1.807, 2.05) is 78.9 Å². The number of nitrogens with one attached hydrogen (secondary N) is 2. The maximum Gasteiger partial charge on any atom is 0.257 e. The molecule has 0 spiro atoms. The van der Waals surface area contributed by atoms with Gasteiger partial charge in [-0.2, -0.15) is 0 Å². The van der Waals surface area contributed by atoms with Crippen LogP contribution in [0.5, 0.6) is 5.75 Å². The largest absolute Gasteiger partial charge is 0.489 e. The third-order valence-corrected chi connectivity index (χ3v) is 4.95. The highest BCUT2D eigenvalue weighted by atomic mass is 32.1. The van der Waals surface area contributed by atoms with Crippen molar-refractivity contribution in [3.8, 4) is 5.75 Å². The van der Waals surface area contributed by atoms with Gasteiger partial charge in [0, 0.05) is 29.5 Å². The van der Waals surface area contributed by atoms with Crippen LogP contribution in [0.1, 0.15) is 5.56 Å². The van der Waals surface area contributed by atoms with Gasteiger partial charge in [-0.05, 0) is 36.0 Å². The smallest absolute Gasteiger partial charge is 0.257 e. The third kappa shape index (κ3) is 5.10. The number of aliphatic imine (C=N–C) groups is 1. The van der Waals surface area contributed by atoms with Crippen molar-refractivity contribution in [2.45, 2.75) is 12.6 Å². The van der Waals surface area contributed by atoms with Crippen LogP contribution in [0.25, 0.3) is 0 Å². The molecular weight excluding hydrogens is 394 g/mol. The van der Waals surface area contributed by atoms with E-state index in [4.69, 9.17) is 17.0 Å². The summed E-state index contributed by atoms with van der Waals surface area (Å²) < 4.78 is 5.83. The van der Waals surface area contributed by atoms with Crippen LogP contribution < -0.4 is 15.4 Å². The minimum absolute atomic E-state index is 0.0650. The number of rotatable bonds is 5. The molecule has 2 aliphatic rings. The molecular formula is C24H21N3O2S. The Hall–Kier alpha value is -3.51. The van der Waals surface area contributed by atoms with Crippen LogP contribution in [0.2, 0.25) is 0 Å². The van der Waals surface area contributed by atoms with E-state index in [0.29, 0.717) is 17.9 Å². The molecule has 0 bridgehead atoms. The number of amides is 1. The summed E-state index contributed by atoms with van der Waals surface area (Å²) >= 11 is 5.31. The second-order valence-corrected chi connectivity index (χ2v) is 7.35. The Balaban J connectivity index is 1.32. The predicted octanol–water partition coefficient (Wildman–Crippen LogP) is 4.20. The van der Waals surface area contributed by atoms with Crippen molar-refractivity contribution in [1.29, 1.82) is 0 Å². The molecule has 2 N–H and O–H groups in total. The number of hydrogen-bond donors (Lipinski definition) is 2. The fourth-order valence-electron chi connectivity index (χ4n) is 3.23. The number of dihydropyridines is 1. The van der Waals surface area contributed by atoms with Crippen LogP contribution in [0.15, 0.2) is 95.5 Å². The SMILES string of the molecule is O=C(NC(=S)Nc1cccc(OCc2ccccc2)c1)C1=CC2C=CC=NC2C=C1. The minimum atomic E-state index is -0.248. The average molecular weight is 416 g/mol. The Morgan fingerprint density at radius 3 is 2.83 bits per heavy atom. The zero-order chi connectivity index (χ0) is 20.8. The Labute approximate surface area is 180 Å². The number of anilines is 1. The summed E-state index contributed by atoms with van der Waals surface area (Å²) in [5.74, 6) is 0.564. The molecule has 1 aliphatic heterocycles. The van der Waals surface area contributed by atoms with E-state index < -0.39 is 0 Å². The number of nitrogens with zero attached hydrogens (tertiary/aromatic N) is 1. The molecule has 30 heavy (non-hydrogen) atoms. The van der Waals surface area contributed by atoms with Crippen LogP contribution in [-0.4, -0.2) is 23.3 Å². The molecule has 5 nitrogen and oxygen atoms in total. The highest BCUT2D eigenvalue weighted by Crippen LogP contribution is 2.23. The molecule has 0 fully saturated rings. The van der Waals surface area contributed by atoms with E-state index in [2.05, 4.69) is 15.6 Å². The van der Waals surface area contributed by atoms with Gasteiger partial charge in [-0.1, -0.05) is 60.7 Å². The van der Waals surface area contributed by atoms with Crippen LogP contribution in [0.4, 0.5) is 5.69 Å². The van der Waals surface area contributed by atoms with E-state index >= 15 is 0 Å². The first kappa shape index (κ1) is 19.8. The molecule has 150 valence electrons. The molecule has 2 atom stereocenters. The fraction of sp³-hybridized carbons (Fsp3) is 0.125. The number of benzene rings is 2. The summed E-state index contributed by atoms with van der Waals surface area (Å²) in [6, 6.07) is 17.5. The first-order valence-electron chi connectivity index (χ1n) is 9.66. The third-order valence-electron chi connectivity index (χ3n) is 4.75. The minimum Gasteiger partial charge on any atom is -0.489 e. The molecule has 2 aromatic rings. The van der Waals surface area contributed by atoms with Gasteiger partial charge in [-0.15, -0.1) is 0 Å². The van der Waals surface area contributed by atoms with Crippen LogP contribution in [0.3, 0.4) is 0 Å². The molecule has 1 heterocycles. The molecule has 0 aromatic heterocycles. The van der Waals surface area contributed by atoms with Gasteiger partial charge in [-0.3, -0.25) is 15.1 Å². The number of carbonyl (C=O) groups excluding carboxylic acids is 1. The summed E-state index contributed by atoms with van der Waals surface area (Å²) in [5, 5.41) is 6.00. The Bertz CT molecular complexity index is 1060. The number of thiocarbonyl (C=S) groups is 1. The van der Waals surface area contributed by atoms with E-state index in [0.717, 1.165) is 11.3 Å². The van der Waals surface area contributed by atoms with Crippen molar-refractivity contribution < 1.29 is 9.53 Å². The van der Waals surface area contributed by atoms with Crippen LogP contribution in [-0.2, 0) is 11.4 Å². The Kier molecular flexibility index (Phi) is 6.15. The van der Waals surface area contributed by atoms with Crippen molar-refractivity contribution in [2.75, 3.05) is 5.32 Å². The monoisotopic (exact) mass is 415 g/mol. The molecule has 2 aromatic carbocycles. The van der Waals surface area contributed by atoms with Gasteiger partial charge >= 0.3 is 0 Å². The molecule has 0 saturated carbocycles. The van der Waals surface area contributed by atoms with Gasteiger partial charge in [-0.25, -0.2) is 0 Å². The van der Waals surface area contributed by atoms with Gasteiger partial charge in [0.1, 0.15) is 12.4 Å². The second kappa shape index (κ2) is 9.33. The summed E-state index contributed by atoms with van der Waals surface area (Å²) in [5.41, 5.74) is 2.40. The molecule has 0 saturated heterocycles. The first-order chi connectivity index (χ1) is 14.7. The zero-order valence-electron chi connectivity index (χ0n) is 16.2. The highest BCUT2D eigenvalue weighted by Gasteiger charge is 2.22. The van der Waals surface area contributed by atoms with E-state index in [1.54, 1.807) is 12.3 Å². The Morgan fingerprint density at radius 2 is 1.97 bits per heavy atom. The molecule has 6 heteroatoms. The van der Waals surface area contributed by atoms with E-state index in [-0.39, 0.29) is 23.0 Å². The van der Waals surface area contributed by atoms with Gasteiger partial charge in [0.25, 0.3) is 5.91 Å². The maximum absolute atomic E-state index is 12.6.